The van der Waals surface area contributed by atoms with Crippen LogP contribution in [0.1, 0.15) is 0 Å². The first-order valence-electron chi connectivity index (χ1n) is 5.37. The van der Waals surface area contributed by atoms with Crippen molar-refractivity contribution in [2.45, 2.75) is 0 Å². The molecule has 0 radical (unpaired) electrons. The molecular weight excluding hydrogens is 188 g/mol. The molecule has 1 aromatic rings. The van der Waals surface area contributed by atoms with Gasteiger partial charge in [-0.1, -0.05) is 0 Å². The normalized spacial score (nSPS) is 17.9. The molecule has 0 aliphatic carbocycles. The number of nitrogens with one attached hydrogen (secondary N) is 1. The minimum absolute atomic E-state index is 0.937. The quantitative estimate of drug-likeness (QED) is 0.778. The van der Waals surface area contributed by atoms with Gasteiger partial charge >= 0.3 is 0 Å². The molecule has 4 heteroatoms. The highest BCUT2D eigenvalue weighted by Crippen LogP contribution is 2.18. The summed E-state index contributed by atoms with van der Waals surface area (Å²) in [6.45, 7) is 4.47. The summed E-state index contributed by atoms with van der Waals surface area (Å²) in [6, 6.07) is 4.18. The van der Waals surface area contributed by atoms with E-state index in [1.165, 1.54) is 5.69 Å². The number of pyridine rings is 1. The number of hydrogen-bond donors (Lipinski definition) is 1. The summed E-state index contributed by atoms with van der Waals surface area (Å²) in [6.07, 6.45) is 1.86. The number of aromatic nitrogens is 1. The van der Waals surface area contributed by atoms with E-state index in [0.29, 0.717) is 0 Å². The molecule has 0 bridgehead atoms. The zero-order valence-electron chi connectivity index (χ0n) is 9.40. The van der Waals surface area contributed by atoms with E-state index in [1.54, 1.807) is 0 Å². The van der Waals surface area contributed by atoms with Gasteiger partial charge in [-0.25, -0.2) is 4.98 Å². The Hall–Kier alpha value is -1.29. The highest BCUT2D eigenvalue weighted by Gasteiger charge is 2.14. The first-order chi connectivity index (χ1) is 7.29. The van der Waals surface area contributed by atoms with Crippen molar-refractivity contribution >= 4 is 11.5 Å². The van der Waals surface area contributed by atoms with Gasteiger partial charge in [0.05, 0.1) is 0 Å². The van der Waals surface area contributed by atoms with Crippen molar-refractivity contribution < 1.29 is 0 Å². The van der Waals surface area contributed by atoms with Crippen LogP contribution in [0.3, 0.4) is 0 Å². The molecule has 4 nitrogen and oxygen atoms in total. The van der Waals surface area contributed by atoms with E-state index in [9.17, 15) is 0 Å². The van der Waals surface area contributed by atoms with Gasteiger partial charge in [-0.15, -0.1) is 0 Å². The van der Waals surface area contributed by atoms with Crippen LogP contribution in [-0.2, 0) is 0 Å². The van der Waals surface area contributed by atoms with Crippen LogP contribution in [0.25, 0.3) is 0 Å². The highest BCUT2D eigenvalue weighted by molar-refractivity contribution is 5.53. The van der Waals surface area contributed by atoms with Crippen LogP contribution in [0.5, 0.6) is 0 Å². The third kappa shape index (κ3) is 2.39. The van der Waals surface area contributed by atoms with Gasteiger partial charge in [0.1, 0.15) is 5.82 Å². The minimum Gasteiger partial charge on any atom is -0.373 e. The van der Waals surface area contributed by atoms with E-state index in [1.807, 2.05) is 13.2 Å². The minimum atomic E-state index is 0.937. The SMILES string of the molecule is CNc1cc(N2CCN(C)CC2)ccn1. The third-order valence-corrected chi connectivity index (χ3v) is 2.87. The summed E-state index contributed by atoms with van der Waals surface area (Å²) >= 11 is 0. The highest BCUT2D eigenvalue weighted by atomic mass is 15.2. The Balaban J connectivity index is 2.08. The van der Waals surface area contributed by atoms with Gasteiger partial charge in [0.15, 0.2) is 0 Å². The molecule has 82 valence electrons. The Bertz CT molecular complexity index is 318. The largest absolute Gasteiger partial charge is 0.373 e. The van der Waals surface area contributed by atoms with Crippen molar-refractivity contribution in [1.82, 2.24) is 9.88 Å². The van der Waals surface area contributed by atoms with Crippen molar-refractivity contribution in [3.05, 3.63) is 18.3 Å². The lowest BCUT2D eigenvalue weighted by Gasteiger charge is -2.34. The summed E-state index contributed by atoms with van der Waals surface area (Å²) in [5.41, 5.74) is 1.27. The average Bonchev–Trinajstić information content (AvgIpc) is 2.30. The van der Waals surface area contributed by atoms with Gasteiger partial charge in [-0.05, 0) is 13.1 Å². The van der Waals surface area contributed by atoms with Crippen molar-refractivity contribution in [1.29, 1.82) is 0 Å². The molecule has 1 saturated heterocycles. The molecular formula is C11H18N4. The van der Waals surface area contributed by atoms with Gasteiger partial charge in [0.2, 0.25) is 0 Å². The Morgan fingerprint density at radius 2 is 2.00 bits per heavy atom. The molecule has 2 heterocycles. The number of hydrogen-bond acceptors (Lipinski definition) is 4. The zero-order valence-corrected chi connectivity index (χ0v) is 9.40. The Kier molecular flexibility index (Phi) is 3.06. The standard InChI is InChI=1S/C11H18N4/c1-12-11-9-10(3-4-13-11)15-7-5-14(2)6-8-15/h3-4,9H,5-8H2,1-2H3,(H,12,13). The van der Waals surface area contributed by atoms with E-state index in [2.05, 4.69) is 39.3 Å². The van der Waals surface area contributed by atoms with Crippen LogP contribution in [0, 0.1) is 0 Å². The second-order valence-corrected chi connectivity index (χ2v) is 3.94. The zero-order chi connectivity index (χ0) is 10.7. The van der Waals surface area contributed by atoms with Crippen LogP contribution in [-0.4, -0.2) is 50.2 Å². The molecule has 0 amide bonds. The first kappa shape index (κ1) is 10.2. The lowest BCUT2D eigenvalue weighted by molar-refractivity contribution is 0.313. The fourth-order valence-corrected chi connectivity index (χ4v) is 1.82. The summed E-state index contributed by atoms with van der Waals surface area (Å²) in [7, 11) is 4.07. The van der Waals surface area contributed by atoms with Gasteiger partial charge in [-0.2, -0.15) is 0 Å². The molecule has 1 aliphatic rings. The summed E-state index contributed by atoms with van der Waals surface area (Å²) < 4.78 is 0. The molecule has 0 unspecified atom stereocenters. The van der Waals surface area contributed by atoms with Crippen LogP contribution in [0.2, 0.25) is 0 Å². The smallest absolute Gasteiger partial charge is 0.127 e. The van der Waals surface area contributed by atoms with Crippen molar-refractivity contribution in [3.63, 3.8) is 0 Å². The van der Waals surface area contributed by atoms with E-state index in [4.69, 9.17) is 0 Å². The van der Waals surface area contributed by atoms with Crippen LogP contribution < -0.4 is 10.2 Å². The van der Waals surface area contributed by atoms with Gasteiger partial charge in [-0.3, -0.25) is 0 Å². The number of anilines is 2. The lowest BCUT2D eigenvalue weighted by atomic mass is 10.2. The molecule has 2 rings (SSSR count). The molecule has 1 N–H and O–H groups in total. The molecule has 0 saturated carbocycles. The fraction of sp³-hybridized carbons (Fsp3) is 0.545. The monoisotopic (exact) mass is 206 g/mol. The summed E-state index contributed by atoms with van der Waals surface area (Å²) in [5.74, 6) is 0.937. The second kappa shape index (κ2) is 4.49. The van der Waals surface area contributed by atoms with Gasteiger partial charge in [0, 0.05) is 51.2 Å². The van der Waals surface area contributed by atoms with E-state index < -0.39 is 0 Å². The molecule has 15 heavy (non-hydrogen) atoms. The molecule has 1 aromatic heterocycles. The van der Waals surface area contributed by atoms with Crippen molar-refractivity contribution in [2.24, 2.45) is 0 Å². The second-order valence-electron chi connectivity index (χ2n) is 3.94. The lowest BCUT2D eigenvalue weighted by Crippen LogP contribution is -2.44. The predicted octanol–water partition coefficient (Wildman–Crippen LogP) is 0.875. The summed E-state index contributed by atoms with van der Waals surface area (Å²) in [4.78, 5) is 8.98. The molecule has 1 aliphatic heterocycles. The van der Waals surface area contributed by atoms with E-state index in [-0.39, 0.29) is 0 Å². The van der Waals surface area contributed by atoms with Gasteiger partial charge < -0.3 is 15.1 Å². The molecule has 0 aromatic carbocycles. The number of piperazine rings is 1. The first-order valence-corrected chi connectivity index (χ1v) is 5.37. The van der Waals surface area contributed by atoms with Crippen LogP contribution in [0.15, 0.2) is 18.3 Å². The average molecular weight is 206 g/mol. The van der Waals surface area contributed by atoms with E-state index in [0.717, 1.165) is 32.0 Å². The van der Waals surface area contributed by atoms with Gasteiger partial charge in [0.25, 0.3) is 0 Å². The number of rotatable bonds is 2. The maximum Gasteiger partial charge on any atom is 0.127 e. The molecule has 0 atom stereocenters. The third-order valence-electron chi connectivity index (χ3n) is 2.87. The van der Waals surface area contributed by atoms with E-state index >= 15 is 0 Å². The fourth-order valence-electron chi connectivity index (χ4n) is 1.82. The number of likely N-dealkylation sites (N-methyl/N-ethyl adjacent to an activating group) is 1. The maximum absolute atomic E-state index is 4.22. The molecule has 1 fully saturated rings. The van der Waals surface area contributed by atoms with Crippen LogP contribution >= 0.6 is 0 Å². The Morgan fingerprint density at radius 3 is 2.67 bits per heavy atom. The summed E-state index contributed by atoms with van der Waals surface area (Å²) in [5, 5.41) is 3.07. The van der Waals surface area contributed by atoms with Crippen molar-refractivity contribution in [3.8, 4) is 0 Å². The maximum atomic E-state index is 4.22. The predicted molar refractivity (Wildman–Crippen MR) is 63.5 cm³/mol. The molecule has 0 spiro atoms. The number of nitrogens with zero attached hydrogens (tertiary/aromatic N) is 3. The Labute approximate surface area is 90.9 Å². The Morgan fingerprint density at radius 1 is 1.27 bits per heavy atom. The van der Waals surface area contributed by atoms with Crippen LogP contribution in [0.4, 0.5) is 11.5 Å². The van der Waals surface area contributed by atoms with Crippen molar-refractivity contribution in [2.75, 3.05) is 50.5 Å². The topological polar surface area (TPSA) is 31.4 Å².